The SMILES string of the molecule is O=C(NC12CC(C1)C2)O[C@H]1C[C@@H](c2cc(Nc3nccc4nc(CN5CC(C(F)(F)F)C5)cn34)n[nH]2)C[C@H]1F. The lowest BCUT2D eigenvalue weighted by Crippen LogP contribution is -2.68. The van der Waals surface area contributed by atoms with E-state index in [4.69, 9.17) is 4.74 Å². The first-order valence-electron chi connectivity index (χ1n) is 13.2. The first-order chi connectivity index (χ1) is 18.6. The van der Waals surface area contributed by atoms with E-state index < -0.39 is 30.5 Å². The molecule has 3 N–H and O–H groups in total. The molecule has 4 saturated carbocycles. The molecule has 0 spiro atoms. The van der Waals surface area contributed by atoms with Crippen molar-refractivity contribution in [3.63, 3.8) is 0 Å². The van der Waals surface area contributed by atoms with Crippen molar-refractivity contribution >= 4 is 23.5 Å². The van der Waals surface area contributed by atoms with Gasteiger partial charge in [-0.25, -0.2) is 19.2 Å². The highest BCUT2D eigenvalue weighted by Gasteiger charge is 2.58. The number of H-pyrrole nitrogens is 1. The molecule has 14 heteroatoms. The van der Waals surface area contributed by atoms with Crippen LogP contribution in [-0.2, 0) is 11.3 Å². The maximum Gasteiger partial charge on any atom is 0.407 e. The zero-order valence-electron chi connectivity index (χ0n) is 20.9. The van der Waals surface area contributed by atoms with Gasteiger partial charge >= 0.3 is 12.3 Å². The molecule has 1 amide bonds. The maximum atomic E-state index is 14.7. The van der Waals surface area contributed by atoms with E-state index in [9.17, 15) is 22.4 Å². The third kappa shape index (κ3) is 4.57. The molecule has 39 heavy (non-hydrogen) atoms. The summed E-state index contributed by atoms with van der Waals surface area (Å²) in [5, 5.41) is 13.3. The number of likely N-dealkylation sites (tertiary alicyclic amines) is 1. The molecule has 3 aromatic heterocycles. The zero-order chi connectivity index (χ0) is 26.9. The Morgan fingerprint density at radius 3 is 2.74 bits per heavy atom. The first-order valence-corrected chi connectivity index (χ1v) is 13.2. The van der Waals surface area contributed by atoms with Gasteiger partial charge in [-0.3, -0.25) is 14.4 Å². The maximum absolute atomic E-state index is 14.7. The van der Waals surface area contributed by atoms with Crippen LogP contribution in [-0.4, -0.2) is 72.6 Å². The summed E-state index contributed by atoms with van der Waals surface area (Å²) in [6.07, 6.45) is 0.0902. The fourth-order valence-corrected chi connectivity index (χ4v) is 6.34. The van der Waals surface area contributed by atoms with Crippen LogP contribution in [0, 0.1) is 11.8 Å². The van der Waals surface area contributed by atoms with Crippen molar-refractivity contribution in [3.05, 3.63) is 35.9 Å². The van der Waals surface area contributed by atoms with Gasteiger partial charge in [0.2, 0.25) is 5.95 Å². The highest BCUT2D eigenvalue weighted by molar-refractivity contribution is 5.69. The van der Waals surface area contributed by atoms with E-state index in [1.807, 2.05) is 0 Å². The predicted molar refractivity (Wildman–Crippen MR) is 130 cm³/mol. The molecule has 4 heterocycles. The summed E-state index contributed by atoms with van der Waals surface area (Å²) >= 11 is 0. The van der Waals surface area contributed by atoms with Crippen LogP contribution in [0.3, 0.4) is 0 Å². The molecule has 0 aromatic carbocycles. The van der Waals surface area contributed by atoms with Crippen molar-refractivity contribution in [2.45, 2.75) is 68.6 Å². The van der Waals surface area contributed by atoms with Gasteiger partial charge in [0.25, 0.3) is 0 Å². The Kier molecular flexibility index (Phi) is 5.55. The van der Waals surface area contributed by atoms with Gasteiger partial charge in [0, 0.05) is 55.2 Å². The molecule has 0 unspecified atom stereocenters. The summed E-state index contributed by atoms with van der Waals surface area (Å²) in [6, 6.07) is 3.49. The van der Waals surface area contributed by atoms with Crippen molar-refractivity contribution < 1.29 is 27.1 Å². The second kappa shape index (κ2) is 8.80. The first kappa shape index (κ1) is 24.6. The van der Waals surface area contributed by atoms with Gasteiger partial charge in [-0.2, -0.15) is 18.3 Å². The Morgan fingerprint density at radius 2 is 2.03 bits per heavy atom. The molecule has 0 radical (unpaired) electrons. The van der Waals surface area contributed by atoms with Crippen LogP contribution in [0.5, 0.6) is 0 Å². The number of rotatable bonds is 7. The standard InChI is InChI=1S/C25H28F4N8O2/c26-17-3-14(4-19(17)39-23(38)33-24-6-13(7-24)8-24)18-5-20(35-34-18)32-22-30-2-1-21-31-16(12-37(21)22)11-36-9-15(10-36)25(27,28)29/h1-2,5,12-15,17,19H,3-4,6-11H2,(H,33,38)(H2,30,32,34,35)/t13?,14-,17+,19-,24?/m0/s1. The van der Waals surface area contributed by atoms with Crippen LogP contribution in [0.2, 0.25) is 0 Å². The quantitative estimate of drug-likeness (QED) is 0.382. The molecular formula is C25H28F4N8O2. The number of carbonyl (C=O) groups is 1. The molecule has 5 fully saturated rings. The molecule has 2 bridgehead atoms. The van der Waals surface area contributed by atoms with Crippen molar-refractivity contribution in [1.82, 2.24) is 34.8 Å². The number of amides is 1. The highest BCUT2D eigenvalue weighted by atomic mass is 19.4. The molecule has 10 nitrogen and oxygen atoms in total. The summed E-state index contributed by atoms with van der Waals surface area (Å²) in [5.74, 6) is 0.152. The van der Waals surface area contributed by atoms with E-state index >= 15 is 0 Å². The second-order valence-corrected chi connectivity index (χ2v) is 11.5. The number of alkyl carbamates (subject to hydrolysis) is 1. The third-order valence-corrected chi connectivity index (χ3v) is 8.61. The van der Waals surface area contributed by atoms with E-state index in [0.717, 1.165) is 30.9 Å². The molecule has 208 valence electrons. The molecule has 3 aromatic rings. The molecule has 8 rings (SSSR count). The highest BCUT2D eigenvalue weighted by Crippen LogP contribution is 2.57. The topological polar surface area (TPSA) is 112 Å². The van der Waals surface area contributed by atoms with Crippen molar-refractivity contribution in [2.75, 3.05) is 18.4 Å². The normalized spacial score (nSPS) is 30.5. The lowest BCUT2D eigenvalue weighted by molar-refractivity contribution is -0.210. The Balaban J connectivity index is 0.970. The number of hydrogen-bond donors (Lipinski definition) is 3. The van der Waals surface area contributed by atoms with Gasteiger partial charge in [-0.1, -0.05) is 0 Å². The Labute approximate surface area is 220 Å². The van der Waals surface area contributed by atoms with E-state index in [0.29, 0.717) is 36.1 Å². The number of ether oxygens (including phenoxy) is 1. The number of halogens is 4. The number of hydrogen-bond acceptors (Lipinski definition) is 7. The second-order valence-electron chi connectivity index (χ2n) is 11.5. The van der Waals surface area contributed by atoms with E-state index in [-0.39, 0.29) is 31.0 Å². The minimum atomic E-state index is -4.17. The van der Waals surface area contributed by atoms with E-state index in [2.05, 4.69) is 30.8 Å². The zero-order valence-corrected chi connectivity index (χ0v) is 20.9. The van der Waals surface area contributed by atoms with Crippen LogP contribution in [0.25, 0.3) is 5.65 Å². The van der Waals surface area contributed by atoms with Crippen LogP contribution in [0.4, 0.5) is 34.1 Å². The number of fused-ring (bicyclic) bond motifs is 1. The molecule has 1 saturated heterocycles. The summed E-state index contributed by atoms with van der Waals surface area (Å²) in [6.45, 7) is 0.250. The monoisotopic (exact) mass is 548 g/mol. The van der Waals surface area contributed by atoms with Gasteiger partial charge in [0.05, 0.1) is 11.6 Å². The summed E-state index contributed by atoms with van der Waals surface area (Å²) in [4.78, 5) is 22.8. The lowest BCUT2D eigenvalue weighted by Gasteiger charge is -2.61. The third-order valence-electron chi connectivity index (χ3n) is 8.61. The van der Waals surface area contributed by atoms with Crippen LogP contribution < -0.4 is 10.6 Å². The number of nitrogens with zero attached hydrogens (tertiary/aromatic N) is 5. The predicted octanol–water partition coefficient (Wildman–Crippen LogP) is 4.05. The lowest BCUT2D eigenvalue weighted by atomic mass is 9.50. The fourth-order valence-electron chi connectivity index (χ4n) is 6.34. The van der Waals surface area contributed by atoms with Crippen molar-refractivity contribution in [2.24, 2.45) is 11.8 Å². The molecule has 1 aliphatic heterocycles. The van der Waals surface area contributed by atoms with E-state index in [1.54, 1.807) is 33.8 Å². The van der Waals surface area contributed by atoms with Gasteiger partial charge in [-0.15, -0.1) is 0 Å². The van der Waals surface area contributed by atoms with E-state index in [1.165, 1.54) is 0 Å². The average Bonchev–Trinajstić information content (AvgIpc) is 3.51. The van der Waals surface area contributed by atoms with Crippen LogP contribution >= 0.6 is 0 Å². The number of carbonyl (C=O) groups excluding carboxylic acids is 1. The fraction of sp³-hybridized carbons (Fsp3) is 0.600. The smallest absolute Gasteiger partial charge is 0.407 e. The largest absolute Gasteiger partial charge is 0.443 e. The average molecular weight is 549 g/mol. The minimum absolute atomic E-state index is 0.0323. The minimum Gasteiger partial charge on any atom is -0.443 e. The number of aromatic amines is 1. The van der Waals surface area contributed by atoms with Crippen LogP contribution in [0.15, 0.2) is 24.5 Å². The molecule has 3 atom stereocenters. The Hall–Kier alpha value is -3.42. The number of alkyl halides is 4. The number of imidazole rings is 1. The molecular weight excluding hydrogens is 520 g/mol. The summed E-state index contributed by atoms with van der Waals surface area (Å²) < 4.78 is 60.2. The molecule has 4 aliphatic carbocycles. The Bertz CT molecular complexity index is 1380. The number of nitrogens with one attached hydrogen (secondary N) is 3. The van der Waals surface area contributed by atoms with Gasteiger partial charge in [0.15, 0.2) is 5.82 Å². The number of aromatic nitrogens is 5. The Morgan fingerprint density at radius 1 is 1.23 bits per heavy atom. The molecule has 5 aliphatic rings. The van der Waals surface area contributed by atoms with Gasteiger partial charge in [-0.05, 0) is 44.1 Å². The summed E-state index contributed by atoms with van der Waals surface area (Å²) in [7, 11) is 0. The van der Waals surface area contributed by atoms with Crippen molar-refractivity contribution in [1.29, 1.82) is 0 Å². The van der Waals surface area contributed by atoms with Crippen molar-refractivity contribution in [3.8, 4) is 0 Å². The number of anilines is 2. The summed E-state index contributed by atoms with van der Waals surface area (Å²) in [5.41, 5.74) is 1.84. The van der Waals surface area contributed by atoms with Crippen LogP contribution in [0.1, 0.15) is 49.4 Å². The van der Waals surface area contributed by atoms with Gasteiger partial charge < -0.3 is 15.4 Å². The van der Waals surface area contributed by atoms with Gasteiger partial charge in [0.1, 0.15) is 17.9 Å².